The number of anilines is 1. The quantitative estimate of drug-likeness (QED) is 0.815. The Morgan fingerprint density at radius 3 is 2.65 bits per heavy atom. The van der Waals surface area contributed by atoms with Crippen molar-refractivity contribution in [3.63, 3.8) is 0 Å². The number of hydrogen-bond donors (Lipinski definition) is 0. The Morgan fingerprint density at radius 1 is 1.41 bits per heavy atom. The van der Waals surface area contributed by atoms with Gasteiger partial charge in [-0.05, 0) is 24.3 Å². The molecule has 0 aliphatic carbocycles. The van der Waals surface area contributed by atoms with Gasteiger partial charge in [0.05, 0.1) is 5.56 Å². The molecule has 1 atom stereocenters. The molecule has 1 saturated heterocycles. The summed E-state index contributed by atoms with van der Waals surface area (Å²) in [6.45, 7) is 0. The minimum absolute atomic E-state index is 0.379. The highest BCUT2D eigenvalue weighted by Crippen LogP contribution is 2.30. The second-order valence-electron chi connectivity index (χ2n) is 4.03. The molecule has 0 bridgehead atoms. The molecule has 1 aliphatic heterocycles. The summed E-state index contributed by atoms with van der Waals surface area (Å²) in [5.41, 5.74) is -0.699. The Morgan fingerprint density at radius 2 is 2.18 bits per heavy atom. The minimum Gasteiger partial charge on any atom is -0.356 e. The average molecular weight is 262 g/mol. The first-order chi connectivity index (χ1) is 7.98. The van der Waals surface area contributed by atoms with E-state index in [0.29, 0.717) is 11.9 Å². The van der Waals surface area contributed by atoms with E-state index in [0.717, 1.165) is 30.2 Å². The molecule has 17 heavy (non-hydrogen) atoms. The maximum absolute atomic E-state index is 12.4. The maximum Gasteiger partial charge on any atom is 0.417 e. The van der Waals surface area contributed by atoms with E-state index in [-0.39, 0.29) is 0 Å². The zero-order valence-corrected chi connectivity index (χ0v) is 10.2. The summed E-state index contributed by atoms with van der Waals surface area (Å²) in [5, 5.41) is 0. The number of aromatic nitrogens is 1. The fraction of sp³-hybridized carbons (Fsp3) is 0.545. The lowest BCUT2D eigenvalue weighted by Gasteiger charge is -2.24. The first-order valence-corrected chi connectivity index (χ1v) is 6.48. The van der Waals surface area contributed by atoms with Crippen molar-refractivity contribution < 1.29 is 13.2 Å². The number of pyridine rings is 1. The second kappa shape index (κ2) is 4.76. The lowest BCUT2D eigenvalue weighted by molar-refractivity contribution is -0.137. The van der Waals surface area contributed by atoms with Crippen LogP contribution < -0.4 is 4.90 Å². The van der Waals surface area contributed by atoms with Gasteiger partial charge in [0.25, 0.3) is 0 Å². The van der Waals surface area contributed by atoms with Gasteiger partial charge < -0.3 is 4.90 Å². The molecule has 0 aromatic carbocycles. The van der Waals surface area contributed by atoms with Gasteiger partial charge in [0, 0.05) is 25.0 Å². The third-order valence-electron chi connectivity index (χ3n) is 2.89. The third-order valence-corrected chi connectivity index (χ3v) is 4.03. The summed E-state index contributed by atoms with van der Waals surface area (Å²) in [6.07, 6.45) is -2.36. The van der Waals surface area contributed by atoms with E-state index in [1.807, 2.05) is 23.7 Å². The lowest BCUT2D eigenvalue weighted by Crippen LogP contribution is -2.31. The van der Waals surface area contributed by atoms with Gasteiger partial charge in [0.1, 0.15) is 5.82 Å². The summed E-state index contributed by atoms with van der Waals surface area (Å²) in [5.74, 6) is 2.72. The van der Waals surface area contributed by atoms with Crippen LogP contribution in [0.1, 0.15) is 12.0 Å². The van der Waals surface area contributed by atoms with Crippen LogP contribution in [0.2, 0.25) is 0 Å². The van der Waals surface area contributed by atoms with Gasteiger partial charge in [0.15, 0.2) is 0 Å². The average Bonchev–Trinajstić information content (AvgIpc) is 2.80. The highest BCUT2D eigenvalue weighted by atomic mass is 32.2. The predicted molar refractivity (Wildman–Crippen MR) is 63.4 cm³/mol. The van der Waals surface area contributed by atoms with Gasteiger partial charge >= 0.3 is 6.18 Å². The molecule has 2 nitrogen and oxygen atoms in total. The Kier molecular flexibility index (Phi) is 3.51. The molecule has 0 radical (unpaired) electrons. The molecule has 1 aromatic heterocycles. The molecule has 1 aliphatic rings. The van der Waals surface area contributed by atoms with Crippen molar-refractivity contribution in [3.05, 3.63) is 23.9 Å². The van der Waals surface area contributed by atoms with Crippen molar-refractivity contribution >= 4 is 17.6 Å². The zero-order chi connectivity index (χ0) is 12.5. The van der Waals surface area contributed by atoms with Gasteiger partial charge in [-0.15, -0.1) is 0 Å². The molecular weight excluding hydrogens is 249 g/mol. The summed E-state index contributed by atoms with van der Waals surface area (Å²) >= 11 is 1.86. The number of thioether (sulfide) groups is 1. The zero-order valence-electron chi connectivity index (χ0n) is 9.37. The van der Waals surface area contributed by atoms with Crippen LogP contribution in [-0.2, 0) is 6.18 Å². The van der Waals surface area contributed by atoms with E-state index < -0.39 is 11.7 Å². The predicted octanol–water partition coefficient (Wildman–Crippen LogP) is 3.04. The fourth-order valence-electron chi connectivity index (χ4n) is 1.78. The number of hydrogen-bond acceptors (Lipinski definition) is 3. The molecule has 2 rings (SSSR count). The number of rotatable bonds is 2. The molecule has 1 aromatic rings. The van der Waals surface area contributed by atoms with Gasteiger partial charge in [-0.2, -0.15) is 24.9 Å². The molecular formula is C11H13F3N2S. The van der Waals surface area contributed by atoms with E-state index in [1.54, 1.807) is 0 Å². The van der Waals surface area contributed by atoms with Crippen molar-refractivity contribution in [3.8, 4) is 0 Å². The van der Waals surface area contributed by atoms with Gasteiger partial charge in [-0.25, -0.2) is 4.98 Å². The Labute approximate surface area is 102 Å². The largest absolute Gasteiger partial charge is 0.417 e. The highest BCUT2D eigenvalue weighted by molar-refractivity contribution is 7.99. The summed E-state index contributed by atoms with van der Waals surface area (Å²) in [7, 11) is 1.88. The Balaban J connectivity index is 2.12. The first-order valence-electron chi connectivity index (χ1n) is 5.32. The van der Waals surface area contributed by atoms with Crippen LogP contribution in [0.15, 0.2) is 18.3 Å². The normalized spacial score (nSPS) is 20.6. The Bertz CT molecular complexity index is 371. The second-order valence-corrected chi connectivity index (χ2v) is 5.18. The molecule has 0 spiro atoms. The maximum atomic E-state index is 12.4. The van der Waals surface area contributed by atoms with E-state index >= 15 is 0 Å². The highest BCUT2D eigenvalue weighted by Gasteiger charge is 2.31. The molecule has 0 amide bonds. The van der Waals surface area contributed by atoms with E-state index in [2.05, 4.69) is 4.98 Å². The van der Waals surface area contributed by atoms with Crippen molar-refractivity contribution in [1.82, 2.24) is 4.98 Å². The van der Waals surface area contributed by atoms with Crippen molar-refractivity contribution in [2.45, 2.75) is 18.6 Å². The number of alkyl halides is 3. The smallest absolute Gasteiger partial charge is 0.356 e. The van der Waals surface area contributed by atoms with Gasteiger partial charge in [-0.1, -0.05) is 0 Å². The van der Waals surface area contributed by atoms with E-state index in [9.17, 15) is 13.2 Å². The van der Waals surface area contributed by atoms with Crippen LogP contribution in [0.4, 0.5) is 19.0 Å². The summed E-state index contributed by atoms with van der Waals surface area (Å²) in [4.78, 5) is 5.84. The van der Waals surface area contributed by atoms with Crippen LogP contribution in [0.3, 0.4) is 0 Å². The van der Waals surface area contributed by atoms with E-state index in [4.69, 9.17) is 0 Å². The number of halogens is 3. The first kappa shape index (κ1) is 12.5. The van der Waals surface area contributed by atoms with Gasteiger partial charge in [-0.3, -0.25) is 0 Å². The fourth-order valence-corrected chi connectivity index (χ4v) is 3.04. The molecule has 2 heterocycles. The monoisotopic (exact) mass is 262 g/mol. The van der Waals surface area contributed by atoms with Crippen LogP contribution in [0, 0.1) is 0 Å². The molecule has 6 heteroatoms. The molecule has 1 unspecified atom stereocenters. The summed E-state index contributed by atoms with van der Waals surface area (Å²) < 4.78 is 37.1. The molecule has 94 valence electrons. The lowest BCUT2D eigenvalue weighted by atomic mass is 10.2. The molecule has 0 saturated carbocycles. The topological polar surface area (TPSA) is 16.1 Å². The van der Waals surface area contributed by atoms with Crippen molar-refractivity contribution in [1.29, 1.82) is 0 Å². The van der Waals surface area contributed by atoms with Crippen LogP contribution in [0.5, 0.6) is 0 Å². The molecule has 1 fully saturated rings. The standard InChI is InChI=1S/C11H13F3N2S/c1-16(9-4-5-17-7-9)10-3-2-8(6-15-10)11(12,13)14/h2-3,6,9H,4-5,7H2,1H3. The van der Waals surface area contributed by atoms with Crippen LogP contribution in [0.25, 0.3) is 0 Å². The minimum atomic E-state index is -4.31. The SMILES string of the molecule is CN(c1ccc(C(F)(F)F)cn1)C1CCSC1. The van der Waals surface area contributed by atoms with Crippen LogP contribution in [-0.4, -0.2) is 29.6 Å². The van der Waals surface area contributed by atoms with E-state index in [1.165, 1.54) is 6.07 Å². The molecule has 0 N–H and O–H groups in total. The Hall–Kier alpha value is -0.910. The van der Waals surface area contributed by atoms with Gasteiger partial charge in [0.2, 0.25) is 0 Å². The van der Waals surface area contributed by atoms with Crippen molar-refractivity contribution in [2.75, 3.05) is 23.5 Å². The third kappa shape index (κ3) is 2.86. The van der Waals surface area contributed by atoms with Crippen molar-refractivity contribution in [2.24, 2.45) is 0 Å². The number of nitrogens with zero attached hydrogens (tertiary/aromatic N) is 2. The van der Waals surface area contributed by atoms with Crippen LogP contribution >= 0.6 is 11.8 Å². The summed E-state index contributed by atoms with van der Waals surface area (Å²) in [6, 6.07) is 2.90.